The average Bonchev–Trinajstić information content (AvgIpc) is 3.44. The summed E-state index contributed by atoms with van der Waals surface area (Å²) in [6, 6.07) is 5.24. The molecule has 8 heteroatoms. The van der Waals surface area contributed by atoms with Gasteiger partial charge in [0.2, 0.25) is 5.91 Å². The van der Waals surface area contributed by atoms with Gasteiger partial charge in [0.25, 0.3) is 0 Å². The molecular weight excluding hydrogens is 479 g/mol. The first-order valence-electron chi connectivity index (χ1n) is 13.6. The number of hydrogen-bond donors (Lipinski definition) is 1. The number of rotatable bonds is 8. The number of likely N-dealkylation sites (N-methyl/N-ethyl adjacent to an activating group) is 1. The molecule has 5 rings (SSSR count). The van der Waals surface area contributed by atoms with Gasteiger partial charge in [-0.2, -0.15) is 0 Å². The number of benzene rings is 1. The fraction of sp³-hybridized carbons (Fsp3) is 0.643. The van der Waals surface area contributed by atoms with E-state index in [1.165, 1.54) is 38.2 Å². The van der Waals surface area contributed by atoms with Crippen LogP contribution in [0.4, 0.5) is 4.39 Å². The summed E-state index contributed by atoms with van der Waals surface area (Å²) in [6.07, 6.45) is 11.1. The Bertz CT molecular complexity index is 1000. The lowest BCUT2D eigenvalue weighted by atomic mass is 9.90. The van der Waals surface area contributed by atoms with E-state index in [0.717, 1.165) is 55.2 Å². The molecule has 3 fully saturated rings. The first kappa shape index (κ1) is 25.4. The minimum atomic E-state index is -0.355. The summed E-state index contributed by atoms with van der Waals surface area (Å²) in [4.78, 5) is 21.2. The van der Waals surface area contributed by atoms with E-state index in [1.807, 2.05) is 13.2 Å². The Morgan fingerprint density at radius 3 is 2.72 bits per heavy atom. The van der Waals surface area contributed by atoms with Crippen LogP contribution in [0.15, 0.2) is 34.4 Å². The SMILES string of the molecule is CN(C(=O)Cc1ccc(OCC[C@@H]2C[C@@H]2C2CCN(C3=NCC(Cl)=CN3)CC2)cc1F)C1CCCC1. The van der Waals surface area contributed by atoms with Gasteiger partial charge in [0.05, 0.1) is 24.6 Å². The lowest BCUT2D eigenvalue weighted by Crippen LogP contribution is -2.45. The molecule has 1 amide bonds. The van der Waals surface area contributed by atoms with Gasteiger partial charge < -0.3 is 19.9 Å². The Kier molecular flexibility index (Phi) is 8.04. The minimum absolute atomic E-state index is 0.00990. The van der Waals surface area contributed by atoms with Gasteiger partial charge in [0.1, 0.15) is 11.6 Å². The molecule has 0 spiro atoms. The minimum Gasteiger partial charge on any atom is -0.493 e. The Hall–Kier alpha value is -2.28. The maximum absolute atomic E-state index is 14.7. The molecule has 0 unspecified atom stereocenters. The van der Waals surface area contributed by atoms with Crippen molar-refractivity contribution in [2.75, 3.05) is 33.3 Å². The number of piperidine rings is 1. The molecule has 1 aromatic carbocycles. The third-order valence-electron chi connectivity index (χ3n) is 8.55. The van der Waals surface area contributed by atoms with Crippen molar-refractivity contribution in [2.24, 2.45) is 22.7 Å². The van der Waals surface area contributed by atoms with Crippen molar-refractivity contribution < 1.29 is 13.9 Å². The lowest BCUT2D eigenvalue weighted by molar-refractivity contribution is -0.131. The standard InChI is InChI=1S/C28H38ClFN4O2/c1-33(23-4-2-3-5-23)27(35)15-21-6-7-24(16-26(21)30)36-13-10-20-14-25(20)19-8-11-34(12-9-19)28-31-17-22(29)18-32-28/h6-7,16-17,19-20,23,25H,2-5,8-15,18H2,1H3,(H,31,32)/t20-,25-/m1/s1. The number of guanidine groups is 1. The van der Waals surface area contributed by atoms with Gasteiger partial charge in [-0.1, -0.05) is 30.5 Å². The number of carbonyl (C=O) groups is 1. The zero-order valence-corrected chi connectivity index (χ0v) is 22.0. The summed E-state index contributed by atoms with van der Waals surface area (Å²) >= 11 is 5.98. The second-order valence-corrected chi connectivity index (χ2v) is 11.4. The maximum atomic E-state index is 14.7. The third kappa shape index (κ3) is 6.16. The predicted molar refractivity (Wildman–Crippen MR) is 141 cm³/mol. The highest BCUT2D eigenvalue weighted by Gasteiger charge is 2.43. The Morgan fingerprint density at radius 2 is 2.03 bits per heavy atom. The molecule has 0 bridgehead atoms. The molecule has 1 saturated heterocycles. The first-order chi connectivity index (χ1) is 17.5. The van der Waals surface area contributed by atoms with Crippen LogP contribution in [0, 0.1) is 23.6 Å². The van der Waals surface area contributed by atoms with Crippen LogP contribution in [-0.4, -0.2) is 61.0 Å². The Morgan fingerprint density at radius 1 is 1.25 bits per heavy atom. The second kappa shape index (κ2) is 11.4. The van der Waals surface area contributed by atoms with E-state index in [-0.39, 0.29) is 18.1 Å². The summed E-state index contributed by atoms with van der Waals surface area (Å²) in [5, 5.41) is 3.95. The summed E-state index contributed by atoms with van der Waals surface area (Å²) in [5.74, 6) is 3.40. The average molecular weight is 517 g/mol. The molecular formula is C28H38ClFN4O2. The quantitative estimate of drug-likeness (QED) is 0.532. The second-order valence-electron chi connectivity index (χ2n) is 10.9. The monoisotopic (exact) mass is 516 g/mol. The number of amides is 1. The van der Waals surface area contributed by atoms with Crippen molar-refractivity contribution in [1.29, 1.82) is 0 Å². The molecule has 0 radical (unpaired) electrons. The summed E-state index contributed by atoms with van der Waals surface area (Å²) in [5.41, 5.74) is 0.444. The number of hydrogen-bond acceptors (Lipinski definition) is 5. The van der Waals surface area contributed by atoms with Crippen molar-refractivity contribution >= 4 is 23.5 Å². The van der Waals surface area contributed by atoms with Crippen LogP contribution >= 0.6 is 11.6 Å². The normalized spacial score (nSPS) is 24.7. The van der Waals surface area contributed by atoms with Crippen molar-refractivity contribution in [1.82, 2.24) is 15.1 Å². The zero-order valence-electron chi connectivity index (χ0n) is 21.2. The predicted octanol–water partition coefficient (Wildman–Crippen LogP) is 4.93. The van der Waals surface area contributed by atoms with E-state index in [1.54, 1.807) is 17.0 Å². The van der Waals surface area contributed by atoms with Crippen molar-refractivity contribution in [3.05, 3.63) is 40.8 Å². The van der Waals surface area contributed by atoms with Gasteiger partial charge in [0, 0.05) is 38.4 Å². The molecule has 2 atom stereocenters. The fourth-order valence-electron chi connectivity index (χ4n) is 6.17. The van der Waals surface area contributed by atoms with E-state index in [4.69, 9.17) is 16.3 Å². The van der Waals surface area contributed by atoms with Gasteiger partial charge in [0.15, 0.2) is 5.96 Å². The highest BCUT2D eigenvalue weighted by molar-refractivity contribution is 6.30. The molecule has 2 heterocycles. The van der Waals surface area contributed by atoms with Crippen molar-refractivity contribution in [3.8, 4) is 5.75 Å². The first-order valence-corrected chi connectivity index (χ1v) is 13.9. The maximum Gasteiger partial charge on any atom is 0.227 e. The highest BCUT2D eigenvalue weighted by Crippen LogP contribution is 2.49. The van der Waals surface area contributed by atoms with E-state index >= 15 is 0 Å². The number of likely N-dealkylation sites (tertiary alicyclic amines) is 1. The molecule has 6 nitrogen and oxygen atoms in total. The molecule has 2 aliphatic heterocycles. The molecule has 0 aromatic heterocycles. The van der Waals surface area contributed by atoms with E-state index in [0.29, 0.717) is 36.4 Å². The van der Waals surface area contributed by atoms with Crippen LogP contribution < -0.4 is 10.1 Å². The lowest BCUT2D eigenvalue weighted by Gasteiger charge is -2.35. The number of aliphatic imine (C=N–C) groups is 1. The van der Waals surface area contributed by atoms with Gasteiger partial charge in [-0.25, -0.2) is 9.38 Å². The number of nitrogens with zero attached hydrogens (tertiary/aromatic N) is 3. The van der Waals surface area contributed by atoms with Gasteiger partial charge in [-0.15, -0.1) is 0 Å². The number of carbonyl (C=O) groups excluding carboxylic acids is 1. The smallest absolute Gasteiger partial charge is 0.227 e. The Balaban J connectivity index is 1.01. The van der Waals surface area contributed by atoms with E-state index in [2.05, 4.69) is 15.2 Å². The number of ether oxygens (including phenoxy) is 1. The molecule has 1 N–H and O–H groups in total. The molecule has 2 aliphatic carbocycles. The molecule has 4 aliphatic rings. The summed E-state index contributed by atoms with van der Waals surface area (Å²) in [6.45, 7) is 3.24. The molecule has 196 valence electrons. The van der Waals surface area contributed by atoms with Crippen LogP contribution in [0.1, 0.15) is 56.9 Å². The van der Waals surface area contributed by atoms with Crippen molar-refractivity contribution in [3.63, 3.8) is 0 Å². The molecule has 1 aromatic rings. The largest absolute Gasteiger partial charge is 0.493 e. The number of halogens is 2. The van der Waals surface area contributed by atoms with Gasteiger partial charge in [-0.05, 0) is 67.9 Å². The molecule has 2 saturated carbocycles. The van der Waals surface area contributed by atoms with Gasteiger partial charge in [-0.3, -0.25) is 4.79 Å². The van der Waals surface area contributed by atoms with Gasteiger partial charge >= 0.3 is 0 Å². The topological polar surface area (TPSA) is 57.2 Å². The molecule has 36 heavy (non-hydrogen) atoms. The van der Waals surface area contributed by atoms with Crippen LogP contribution in [0.5, 0.6) is 5.75 Å². The number of nitrogens with one attached hydrogen (secondary N) is 1. The van der Waals surface area contributed by atoms with Crippen molar-refractivity contribution in [2.45, 2.75) is 63.8 Å². The van der Waals surface area contributed by atoms with E-state index in [9.17, 15) is 9.18 Å². The third-order valence-corrected chi connectivity index (χ3v) is 8.78. The van der Waals surface area contributed by atoms with Crippen LogP contribution in [-0.2, 0) is 11.2 Å². The van der Waals surface area contributed by atoms with Crippen LogP contribution in [0.3, 0.4) is 0 Å². The Labute approximate surface area is 218 Å². The van der Waals surface area contributed by atoms with E-state index < -0.39 is 0 Å². The fourth-order valence-corrected chi connectivity index (χ4v) is 6.28. The summed E-state index contributed by atoms with van der Waals surface area (Å²) < 4.78 is 20.5. The van der Waals surface area contributed by atoms with Crippen LogP contribution in [0.2, 0.25) is 0 Å². The highest BCUT2D eigenvalue weighted by atomic mass is 35.5. The zero-order chi connectivity index (χ0) is 25.1. The summed E-state index contributed by atoms with van der Waals surface area (Å²) in [7, 11) is 1.85. The van der Waals surface area contributed by atoms with Crippen LogP contribution in [0.25, 0.3) is 0 Å².